The van der Waals surface area contributed by atoms with Crippen molar-refractivity contribution in [2.75, 3.05) is 0 Å². The van der Waals surface area contributed by atoms with Crippen LogP contribution in [0.15, 0.2) is 53.4 Å². The van der Waals surface area contributed by atoms with Crippen molar-refractivity contribution in [1.82, 2.24) is 0 Å². The predicted octanol–water partition coefficient (Wildman–Crippen LogP) is 4.67. The lowest BCUT2D eigenvalue weighted by molar-refractivity contribution is 0.478. The SMILES string of the molecule is CCCC(C)c1ccccc1OS(=O)(=O)c1ccc(C)cc1. The van der Waals surface area contributed by atoms with Gasteiger partial charge in [-0.05, 0) is 43.0 Å². The minimum Gasteiger partial charge on any atom is -0.379 e. The first-order chi connectivity index (χ1) is 10.4. The highest BCUT2D eigenvalue weighted by Crippen LogP contribution is 2.31. The van der Waals surface area contributed by atoms with Crippen LogP contribution in [-0.2, 0) is 10.1 Å². The molecule has 0 aromatic heterocycles. The van der Waals surface area contributed by atoms with Crippen LogP contribution in [0.2, 0.25) is 0 Å². The molecule has 0 saturated carbocycles. The van der Waals surface area contributed by atoms with E-state index in [1.165, 1.54) is 0 Å². The monoisotopic (exact) mass is 318 g/mol. The van der Waals surface area contributed by atoms with Gasteiger partial charge in [-0.15, -0.1) is 0 Å². The van der Waals surface area contributed by atoms with Crippen LogP contribution in [0.3, 0.4) is 0 Å². The second-order valence-electron chi connectivity index (χ2n) is 5.58. The lowest BCUT2D eigenvalue weighted by atomic mass is 9.96. The zero-order valence-electron chi connectivity index (χ0n) is 13.2. The van der Waals surface area contributed by atoms with Gasteiger partial charge in [-0.2, -0.15) is 8.42 Å². The van der Waals surface area contributed by atoms with E-state index in [0.717, 1.165) is 24.0 Å². The molecule has 2 aromatic rings. The van der Waals surface area contributed by atoms with Gasteiger partial charge in [-0.1, -0.05) is 56.2 Å². The molecule has 0 amide bonds. The lowest BCUT2D eigenvalue weighted by Crippen LogP contribution is -2.11. The molecule has 22 heavy (non-hydrogen) atoms. The smallest absolute Gasteiger partial charge is 0.339 e. The third kappa shape index (κ3) is 3.89. The first-order valence-corrected chi connectivity index (χ1v) is 8.95. The third-order valence-electron chi connectivity index (χ3n) is 3.68. The van der Waals surface area contributed by atoms with Gasteiger partial charge in [0.15, 0.2) is 0 Å². The Labute approximate surface area is 133 Å². The molecule has 2 rings (SSSR count). The van der Waals surface area contributed by atoms with Crippen LogP contribution < -0.4 is 4.18 Å². The van der Waals surface area contributed by atoms with E-state index in [0.29, 0.717) is 5.75 Å². The molecule has 1 atom stereocenters. The Kier molecular flexibility index (Phi) is 5.24. The van der Waals surface area contributed by atoms with E-state index in [4.69, 9.17) is 4.18 Å². The Bertz CT molecular complexity index is 718. The Morgan fingerprint density at radius 3 is 2.32 bits per heavy atom. The average molecular weight is 318 g/mol. The van der Waals surface area contributed by atoms with Crippen molar-refractivity contribution in [1.29, 1.82) is 0 Å². The molecular weight excluding hydrogens is 296 g/mol. The molecular formula is C18H22O3S. The third-order valence-corrected chi connectivity index (χ3v) is 4.93. The van der Waals surface area contributed by atoms with E-state index < -0.39 is 10.1 Å². The molecule has 4 heteroatoms. The predicted molar refractivity (Wildman–Crippen MR) is 88.8 cm³/mol. The van der Waals surface area contributed by atoms with Crippen molar-refractivity contribution >= 4 is 10.1 Å². The quantitative estimate of drug-likeness (QED) is 0.727. The topological polar surface area (TPSA) is 43.4 Å². The molecule has 118 valence electrons. The summed E-state index contributed by atoms with van der Waals surface area (Å²) in [5, 5.41) is 0. The summed E-state index contributed by atoms with van der Waals surface area (Å²) in [6, 6.07) is 14.0. The highest BCUT2D eigenvalue weighted by molar-refractivity contribution is 7.87. The van der Waals surface area contributed by atoms with Crippen LogP contribution in [0.4, 0.5) is 0 Å². The van der Waals surface area contributed by atoms with Crippen molar-refractivity contribution in [3.05, 3.63) is 59.7 Å². The summed E-state index contributed by atoms with van der Waals surface area (Å²) in [5.41, 5.74) is 1.94. The van der Waals surface area contributed by atoms with Crippen LogP contribution in [0.5, 0.6) is 5.75 Å². The maximum Gasteiger partial charge on any atom is 0.339 e. The Morgan fingerprint density at radius 2 is 1.68 bits per heavy atom. The Balaban J connectivity index is 2.32. The summed E-state index contributed by atoms with van der Waals surface area (Å²) in [4.78, 5) is 0.177. The fraction of sp³-hybridized carbons (Fsp3) is 0.333. The van der Waals surface area contributed by atoms with Gasteiger partial charge < -0.3 is 4.18 Å². The molecule has 0 N–H and O–H groups in total. The number of aryl methyl sites for hydroxylation is 1. The fourth-order valence-corrected chi connectivity index (χ4v) is 3.38. The molecule has 0 radical (unpaired) electrons. The van der Waals surface area contributed by atoms with E-state index in [1.54, 1.807) is 36.4 Å². The van der Waals surface area contributed by atoms with Crippen molar-refractivity contribution in [2.45, 2.75) is 44.4 Å². The van der Waals surface area contributed by atoms with Crippen molar-refractivity contribution < 1.29 is 12.6 Å². The normalized spacial score (nSPS) is 12.9. The minimum absolute atomic E-state index is 0.177. The summed E-state index contributed by atoms with van der Waals surface area (Å²) in [6.07, 6.45) is 2.03. The van der Waals surface area contributed by atoms with Gasteiger partial charge >= 0.3 is 10.1 Å². The van der Waals surface area contributed by atoms with E-state index in [1.807, 2.05) is 19.1 Å². The molecule has 0 aliphatic rings. The molecule has 0 aliphatic heterocycles. The largest absolute Gasteiger partial charge is 0.379 e. The average Bonchev–Trinajstić information content (AvgIpc) is 2.48. The highest BCUT2D eigenvalue weighted by atomic mass is 32.2. The molecule has 0 spiro atoms. The highest BCUT2D eigenvalue weighted by Gasteiger charge is 2.19. The summed E-state index contributed by atoms with van der Waals surface area (Å²) < 4.78 is 30.2. The fourth-order valence-electron chi connectivity index (χ4n) is 2.42. The molecule has 0 saturated heterocycles. The van der Waals surface area contributed by atoms with Gasteiger partial charge in [-0.25, -0.2) is 0 Å². The molecule has 0 heterocycles. The number of hydrogen-bond donors (Lipinski definition) is 0. The van der Waals surface area contributed by atoms with Crippen LogP contribution in [0, 0.1) is 6.92 Å². The van der Waals surface area contributed by atoms with E-state index in [9.17, 15) is 8.42 Å². The number of rotatable bonds is 6. The van der Waals surface area contributed by atoms with E-state index >= 15 is 0 Å². The molecule has 3 nitrogen and oxygen atoms in total. The van der Waals surface area contributed by atoms with Crippen LogP contribution >= 0.6 is 0 Å². The second-order valence-corrected chi connectivity index (χ2v) is 7.12. The van der Waals surface area contributed by atoms with E-state index in [-0.39, 0.29) is 10.8 Å². The lowest BCUT2D eigenvalue weighted by Gasteiger charge is -2.16. The number of para-hydroxylation sites is 1. The first kappa shape index (κ1) is 16.6. The van der Waals surface area contributed by atoms with Gasteiger partial charge in [-0.3, -0.25) is 0 Å². The van der Waals surface area contributed by atoms with Crippen molar-refractivity contribution in [3.8, 4) is 5.75 Å². The molecule has 0 bridgehead atoms. The van der Waals surface area contributed by atoms with Gasteiger partial charge in [0.05, 0.1) is 0 Å². The first-order valence-electron chi connectivity index (χ1n) is 7.54. The zero-order valence-corrected chi connectivity index (χ0v) is 14.1. The standard InChI is InChI=1S/C18H22O3S/c1-4-7-15(3)17-8-5-6-9-18(17)21-22(19,20)16-12-10-14(2)11-13-16/h5-6,8-13,15H,4,7H2,1-3H3. The second kappa shape index (κ2) is 6.97. The maximum atomic E-state index is 12.4. The van der Waals surface area contributed by atoms with Gasteiger partial charge in [0.1, 0.15) is 10.6 Å². The molecule has 1 unspecified atom stereocenters. The Hall–Kier alpha value is -1.81. The van der Waals surface area contributed by atoms with E-state index in [2.05, 4.69) is 13.8 Å². The van der Waals surface area contributed by atoms with Crippen LogP contribution in [0.25, 0.3) is 0 Å². The van der Waals surface area contributed by atoms with Crippen molar-refractivity contribution in [2.24, 2.45) is 0 Å². The summed E-state index contributed by atoms with van der Waals surface area (Å²) >= 11 is 0. The zero-order chi connectivity index (χ0) is 16.2. The summed E-state index contributed by atoms with van der Waals surface area (Å²) in [7, 11) is -3.80. The van der Waals surface area contributed by atoms with Gasteiger partial charge in [0.2, 0.25) is 0 Å². The number of benzene rings is 2. The Morgan fingerprint density at radius 1 is 1.05 bits per heavy atom. The molecule has 2 aromatic carbocycles. The molecule has 0 fully saturated rings. The van der Waals surface area contributed by atoms with Gasteiger partial charge in [0, 0.05) is 0 Å². The molecule has 0 aliphatic carbocycles. The maximum absolute atomic E-state index is 12.4. The number of hydrogen-bond acceptors (Lipinski definition) is 3. The van der Waals surface area contributed by atoms with Crippen LogP contribution in [0.1, 0.15) is 43.7 Å². The van der Waals surface area contributed by atoms with Gasteiger partial charge in [0.25, 0.3) is 0 Å². The summed E-state index contributed by atoms with van der Waals surface area (Å²) in [5.74, 6) is 0.679. The van der Waals surface area contributed by atoms with Crippen LogP contribution in [-0.4, -0.2) is 8.42 Å². The van der Waals surface area contributed by atoms with Crippen molar-refractivity contribution in [3.63, 3.8) is 0 Å². The summed E-state index contributed by atoms with van der Waals surface area (Å²) in [6.45, 7) is 6.12. The minimum atomic E-state index is -3.80.